The van der Waals surface area contributed by atoms with Gasteiger partial charge in [-0.05, 0) is 87.2 Å². The number of H-pyrrole nitrogens is 1. The van der Waals surface area contributed by atoms with Crippen molar-refractivity contribution in [3.8, 4) is 17.2 Å². The number of carbonyl (C=O) groups excluding carboxylic acids is 3. The molecule has 11 heteroatoms. The molecule has 1 aromatic heterocycles. The number of anilines is 1. The Kier molecular flexibility index (Phi) is 10.5. The van der Waals surface area contributed by atoms with E-state index in [2.05, 4.69) is 26.8 Å². The van der Waals surface area contributed by atoms with Gasteiger partial charge >= 0.3 is 5.97 Å². The number of aryl methyl sites for hydroxylation is 2. The van der Waals surface area contributed by atoms with E-state index in [0.717, 1.165) is 17.7 Å². The summed E-state index contributed by atoms with van der Waals surface area (Å²) in [6, 6.07) is 23.3. The highest BCUT2D eigenvalue weighted by Crippen LogP contribution is 2.36. The molecular weight excluding hydrogens is 598 g/mol. The molecule has 0 unspecified atom stereocenters. The van der Waals surface area contributed by atoms with E-state index in [4.69, 9.17) is 9.47 Å². The fourth-order valence-electron chi connectivity index (χ4n) is 5.30. The minimum atomic E-state index is -0.411. The standard InChI is InChI=1S/C23H28N2O4.C13H9N3O2/c1-15-7-10-21(16(2)14-15)29-13-5-11-24-23(28)19-8-9-20-18(22(19)27)6-4-12-25(20)17(3)26;17-13(18-10-4-2-1-3-5-10)9-6-7-11-12(8-9)15-16-14-11/h7-10,14,27H,4-6,11-13H2,1-3H3,(H,24,28);1-8H,(H,14,15,16). The number of carbonyl (C=O) groups is 3. The lowest BCUT2D eigenvalue weighted by molar-refractivity contribution is -0.116. The van der Waals surface area contributed by atoms with Gasteiger partial charge < -0.3 is 24.8 Å². The molecule has 1 aliphatic heterocycles. The molecular formula is C36H37N5O6. The fourth-order valence-corrected chi connectivity index (χ4v) is 5.30. The van der Waals surface area contributed by atoms with Gasteiger partial charge in [0.05, 0.1) is 23.4 Å². The lowest BCUT2D eigenvalue weighted by atomic mass is 9.97. The summed E-state index contributed by atoms with van der Waals surface area (Å²) in [7, 11) is 0. The van der Waals surface area contributed by atoms with Crippen LogP contribution in [0.15, 0.2) is 78.9 Å². The Morgan fingerprint density at radius 2 is 1.74 bits per heavy atom. The summed E-state index contributed by atoms with van der Waals surface area (Å²) in [4.78, 5) is 37.8. The van der Waals surface area contributed by atoms with Crippen LogP contribution in [0.25, 0.3) is 11.0 Å². The summed E-state index contributed by atoms with van der Waals surface area (Å²) in [6.45, 7) is 7.13. The predicted octanol–water partition coefficient (Wildman–Crippen LogP) is 5.68. The maximum absolute atomic E-state index is 12.5. The van der Waals surface area contributed by atoms with Crippen LogP contribution in [-0.2, 0) is 11.2 Å². The van der Waals surface area contributed by atoms with E-state index in [9.17, 15) is 19.5 Å². The van der Waals surface area contributed by atoms with Crippen LogP contribution in [0.3, 0.4) is 0 Å². The molecule has 0 bridgehead atoms. The third-order valence-electron chi connectivity index (χ3n) is 7.68. The van der Waals surface area contributed by atoms with Crippen LogP contribution in [0.1, 0.15) is 57.2 Å². The average Bonchev–Trinajstić information content (AvgIpc) is 3.54. The molecule has 0 saturated carbocycles. The molecule has 4 aromatic carbocycles. The second-order valence-corrected chi connectivity index (χ2v) is 11.2. The SMILES string of the molecule is CC(=O)N1CCCc2c1ccc(C(=O)NCCCOc1ccc(C)cc1C)c2O.O=C(Oc1ccccc1)c1ccc2n[nH]nc2c1. The molecule has 2 heterocycles. The monoisotopic (exact) mass is 635 g/mol. The number of aromatic amines is 1. The highest BCUT2D eigenvalue weighted by atomic mass is 16.5. The van der Waals surface area contributed by atoms with E-state index in [0.29, 0.717) is 66.1 Å². The maximum atomic E-state index is 12.5. The molecule has 11 nitrogen and oxygen atoms in total. The van der Waals surface area contributed by atoms with E-state index in [1.807, 2.05) is 44.2 Å². The molecule has 47 heavy (non-hydrogen) atoms. The van der Waals surface area contributed by atoms with Gasteiger partial charge in [-0.2, -0.15) is 15.4 Å². The summed E-state index contributed by atoms with van der Waals surface area (Å²) in [6.07, 6.45) is 2.07. The lowest BCUT2D eigenvalue weighted by Gasteiger charge is -2.29. The van der Waals surface area contributed by atoms with E-state index in [1.54, 1.807) is 47.4 Å². The van der Waals surface area contributed by atoms with Crippen LogP contribution < -0.4 is 19.7 Å². The van der Waals surface area contributed by atoms with Gasteiger partial charge in [0.2, 0.25) is 5.91 Å². The maximum Gasteiger partial charge on any atom is 0.343 e. The first-order valence-electron chi connectivity index (χ1n) is 15.4. The van der Waals surface area contributed by atoms with Gasteiger partial charge in [0.1, 0.15) is 28.3 Å². The number of ether oxygens (including phenoxy) is 2. The molecule has 0 radical (unpaired) electrons. The third-order valence-corrected chi connectivity index (χ3v) is 7.68. The molecule has 0 atom stereocenters. The molecule has 242 valence electrons. The first kappa shape index (κ1) is 32.7. The first-order chi connectivity index (χ1) is 22.7. The number of aromatic nitrogens is 3. The summed E-state index contributed by atoms with van der Waals surface area (Å²) >= 11 is 0. The van der Waals surface area contributed by atoms with Gasteiger partial charge in [-0.3, -0.25) is 9.59 Å². The quantitative estimate of drug-likeness (QED) is 0.112. The Morgan fingerprint density at radius 1 is 0.957 bits per heavy atom. The summed E-state index contributed by atoms with van der Waals surface area (Å²) in [5, 5.41) is 23.8. The predicted molar refractivity (Wildman–Crippen MR) is 178 cm³/mol. The van der Waals surface area contributed by atoms with Crippen LogP contribution in [0, 0.1) is 13.8 Å². The number of aromatic hydroxyl groups is 1. The number of phenolic OH excluding ortho intramolecular Hbond substituents is 1. The Labute approximate surface area is 272 Å². The number of phenols is 1. The second kappa shape index (κ2) is 15.0. The van der Waals surface area contributed by atoms with Gasteiger partial charge in [0.15, 0.2) is 0 Å². The van der Waals surface area contributed by atoms with Crippen molar-refractivity contribution < 1.29 is 29.0 Å². The smallest absolute Gasteiger partial charge is 0.343 e. The van der Waals surface area contributed by atoms with Gasteiger partial charge in [-0.25, -0.2) is 4.79 Å². The van der Waals surface area contributed by atoms with Crippen molar-refractivity contribution in [2.75, 3.05) is 24.6 Å². The fraction of sp³-hybridized carbons (Fsp3) is 0.250. The number of nitrogens with zero attached hydrogens (tertiary/aromatic N) is 3. The number of fused-ring (bicyclic) bond motifs is 2. The lowest BCUT2D eigenvalue weighted by Crippen LogP contribution is -2.34. The number of esters is 1. The number of hydrogen-bond acceptors (Lipinski definition) is 8. The van der Waals surface area contributed by atoms with Crippen molar-refractivity contribution in [3.05, 3.63) is 107 Å². The molecule has 3 N–H and O–H groups in total. The molecule has 1 aliphatic rings. The highest BCUT2D eigenvalue weighted by molar-refractivity contribution is 6.00. The van der Waals surface area contributed by atoms with Crippen LogP contribution in [0.2, 0.25) is 0 Å². The Balaban J connectivity index is 0.000000205. The topological polar surface area (TPSA) is 147 Å². The summed E-state index contributed by atoms with van der Waals surface area (Å²) in [5.41, 5.74) is 5.68. The van der Waals surface area contributed by atoms with Gasteiger partial charge in [-0.1, -0.05) is 35.9 Å². The van der Waals surface area contributed by atoms with Crippen molar-refractivity contribution in [3.63, 3.8) is 0 Å². The van der Waals surface area contributed by atoms with Crippen molar-refractivity contribution in [2.45, 2.75) is 40.0 Å². The largest absolute Gasteiger partial charge is 0.507 e. The first-order valence-corrected chi connectivity index (χ1v) is 15.4. The summed E-state index contributed by atoms with van der Waals surface area (Å²) in [5.74, 6) is 0.541. The van der Waals surface area contributed by atoms with Crippen LogP contribution >= 0.6 is 0 Å². The van der Waals surface area contributed by atoms with Crippen molar-refractivity contribution >= 4 is 34.5 Å². The van der Waals surface area contributed by atoms with E-state index >= 15 is 0 Å². The molecule has 2 amide bonds. The van der Waals surface area contributed by atoms with Gasteiger partial charge in [0.25, 0.3) is 5.91 Å². The number of para-hydroxylation sites is 1. The Bertz CT molecular complexity index is 1890. The zero-order valence-corrected chi connectivity index (χ0v) is 26.6. The van der Waals surface area contributed by atoms with Crippen LogP contribution in [0.5, 0.6) is 17.2 Å². The van der Waals surface area contributed by atoms with Crippen LogP contribution in [-0.4, -0.2) is 58.0 Å². The number of nitrogens with one attached hydrogen (secondary N) is 2. The minimum Gasteiger partial charge on any atom is -0.507 e. The zero-order chi connectivity index (χ0) is 33.3. The molecule has 6 rings (SSSR count). The Morgan fingerprint density at radius 3 is 2.51 bits per heavy atom. The van der Waals surface area contributed by atoms with E-state index in [-0.39, 0.29) is 23.1 Å². The van der Waals surface area contributed by atoms with Crippen molar-refractivity contribution in [1.29, 1.82) is 0 Å². The molecule has 0 fully saturated rings. The number of amides is 2. The minimum absolute atomic E-state index is 0.0301. The highest BCUT2D eigenvalue weighted by Gasteiger charge is 2.25. The van der Waals surface area contributed by atoms with Crippen molar-refractivity contribution in [2.24, 2.45) is 0 Å². The third kappa shape index (κ3) is 8.12. The molecule has 0 spiro atoms. The van der Waals surface area contributed by atoms with Gasteiger partial charge in [-0.15, -0.1) is 0 Å². The van der Waals surface area contributed by atoms with E-state index in [1.165, 1.54) is 12.5 Å². The molecule has 0 aliphatic carbocycles. The molecule has 0 saturated heterocycles. The van der Waals surface area contributed by atoms with Crippen molar-refractivity contribution in [1.82, 2.24) is 20.7 Å². The van der Waals surface area contributed by atoms with Gasteiger partial charge in [0, 0.05) is 25.6 Å². The number of hydrogen-bond donors (Lipinski definition) is 3. The number of rotatable bonds is 8. The Hall–Kier alpha value is -5.71. The normalized spacial score (nSPS) is 12.0. The molecule has 5 aromatic rings. The number of benzene rings is 4. The zero-order valence-electron chi connectivity index (χ0n) is 26.6. The van der Waals surface area contributed by atoms with E-state index < -0.39 is 5.97 Å². The second-order valence-electron chi connectivity index (χ2n) is 11.2. The van der Waals surface area contributed by atoms with Crippen LogP contribution in [0.4, 0.5) is 5.69 Å². The summed E-state index contributed by atoms with van der Waals surface area (Å²) < 4.78 is 11.0. The average molecular weight is 636 g/mol.